The summed E-state index contributed by atoms with van der Waals surface area (Å²) < 4.78 is 1.46. The predicted molar refractivity (Wildman–Crippen MR) is 53.5 cm³/mol. The Hall–Kier alpha value is -2.58. The van der Waals surface area contributed by atoms with Crippen molar-refractivity contribution in [1.29, 1.82) is 0 Å². The monoisotopic (exact) mass is 227 g/mol. The molecule has 4 N–H and O–H groups in total. The van der Waals surface area contributed by atoms with Crippen LogP contribution >= 0.6 is 0 Å². The molecule has 0 spiro atoms. The second-order valence-electron chi connectivity index (χ2n) is 2.70. The molecule has 0 unspecified atom stereocenters. The summed E-state index contributed by atoms with van der Waals surface area (Å²) in [6, 6.07) is 0. The SMILES string of the molecule is Cn1cc(NC(=NC(=O)O)NC(=O)O)cn1. The number of amides is 2. The van der Waals surface area contributed by atoms with Gasteiger partial charge in [0, 0.05) is 13.2 Å². The maximum absolute atomic E-state index is 10.3. The van der Waals surface area contributed by atoms with Crippen molar-refractivity contribution < 1.29 is 19.8 Å². The molecule has 86 valence electrons. The molecular formula is C7H9N5O4. The van der Waals surface area contributed by atoms with Crippen LogP contribution in [-0.2, 0) is 7.05 Å². The molecule has 0 atom stereocenters. The fraction of sp³-hybridized carbons (Fsp3) is 0.143. The lowest BCUT2D eigenvalue weighted by Gasteiger charge is -2.05. The van der Waals surface area contributed by atoms with Crippen LogP contribution < -0.4 is 10.6 Å². The Morgan fingerprint density at radius 1 is 1.50 bits per heavy atom. The van der Waals surface area contributed by atoms with Gasteiger partial charge < -0.3 is 15.5 Å². The van der Waals surface area contributed by atoms with Crippen LogP contribution in [-0.4, -0.2) is 38.1 Å². The van der Waals surface area contributed by atoms with Gasteiger partial charge in [0.1, 0.15) is 0 Å². The summed E-state index contributed by atoms with van der Waals surface area (Å²) in [5.41, 5.74) is 0.413. The van der Waals surface area contributed by atoms with E-state index in [-0.39, 0.29) is 0 Å². The second kappa shape index (κ2) is 4.77. The van der Waals surface area contributed by atoms with Gasteiger partial charge >= 0.3 is 12.2 Å². The van der Waals surface area contributed by atoms with Gasteiger partial charge in [0.25, 0.3) is 0 Å². The number of carbonyl (C=O) groups is 2. The summed E-state index contributed by atoms with van der Waals surface area (Å²) in [4.78, 5) is 23.7. The molecule has 1 heterocycles. The molecule has 0 bridgehead atoms. The number of anilines is 1. The number of aromatic nitrogens is 2. The van der Waals surface area contributed by atoms with E-state index in [0.29, 0.717) is 5.69 Å². The molecule has 0 radical (unpaired) electrons. The fourth-order valence-electron chi connectivity index (χ4n) is 0.907. The van der Waals surface area contributed by atoms with Gasteiger partial charge in [0.2, 0.25) is 5.96 Å². The van der Waals surface area contributed by atoms with Crippen LogP contribution in [0.1, 0.15) is 0 Å². The van der Waals surface area contributed by atoms with Gasteiger partial charge in [0.15, 0.2) is 0 Å². The van der Waals surface area contributed by atoms with Gasteiger partial charge in [-0.25, -0.2) is 9.59 Å². The molecule has 0 saturated carbocycles. The maximum Gasteiger partial charge on any atom is 0.434 e. The summed E-state index contributed by atoms with van der Waals surface area (Å²) in [7, 11) is 1.66. The summed E-state index contributed by atoms with van der Waals surface area (Å²) in [5.74, 6) is -0.409. The normalized spacial score (nSPS) is 10.9. The molecule has 0 aliphatic heterocycles. The van der Waals surface area contributed by atoms with Crippen LogP contribution in [0.5, 0.6) is 0 Å². The average Bonchev–Trinajstić information content (AvgIpc) is 2.48. The molecule has 0 aromatic carbocycles. The molecule has 1 aromatic heterocycles. The number of hydrogen-bond acceptors (Lipinski definition) is 3. The number of carboxylic acid groups (broad SMARTS) is 2. The van der Waals surface area contributed by atoms with Crippen molar-refractivity contribution in [3.05, 3.63) is 12.4 Å². The van der Waals surface area contributed by atoms with E-state index in [2.05, 4.69) is 15.4 Å². The predicted octanol–water partition coefficient (Wildman–Crippen LogP) is 0.134. The van der Waals surface area contributed by atoms with Crippen LogP contribution in [0, 0.1) is 0 Å². The summed E-state index contributed by atoms with van der Waals surface area (Å²) in [5, 5.41) is 24.9. The summed E-state index contributed by atoms with van der Waals surface area (Å²) >= 11 is 0. The molecule has 0 fully saturated rings. The zero-order valence-corrected chi connectivity index (χ0v) is 8.21. The van der Waals surface area contributed by atoms with E-state index < -0.39 is 18.1 Å². The van der Waals surface area contributed by atoms with Crippen molar-refractivity contribution in [3.63, 3.8) is 0 Å². The van der Waals surface area contributed by atoms with E-state index in [0.717, 1.165) is 0 Å². The lowest BCUT2D eigenvalue weighted by molar-refractivity contribution is 0.200. The van der Waals surface area contributed by atoms with E-state index in [9.17, 15) is 9.59 Å². The van der Waals surface area contributed by atoms with E-state index >= 15 is 0 Å². The Balaban J connectivity index is 2.78. The third-order valence-electron chi connectivity index (χ3n) is 1.40. The van der Waals surface area contributed by atoms with E-state index in [1.165, 1.54) is 17.1 Å². The first kappa shape index (κ1) is 11.5. The molecule has 2 amide bonds. The second-order valence-corrected chi connectivity index (χ2v) is 2.70. The van der Waals surface area contributed by atoms with Crippen LogP contribution in [0.3, 0.4) is 0 Å². The molecule has 9 heteroatoms. The van der Waals surface area contributed by atoms with Crippen LogP contribution in [0.2, 0.25) is 0 Å². The lowest BCUT2D eigenvalue weighted by Crippen LogP contribution is -2.35. The highest BCUT2D eigenvalue weighted by Gasteiger charge is 2.07. The Kier molecular flexibility index (Phi) is 3.43. The number of hydrogen-bond donors (Lipinski definition) is 4. The number of aliphatic imine (C=N–C) groups is 1. The highest BCUT2D eigenvalue weighted by molar-refractivity contribution is 6.05. The minimum Gasteiger partial charge on any atom is -0.465 e. The maximum atomic E-state index is 10.3. The van der Waals surface area contributed by atoms with Gasteiger partial charge in [-0.05, 0) is 0 Å². The molecule has 0 saturated heterocycles. The van der Waals surface area contributed by atoms with Crippen LogP contribution in [0.4, 0.5) is 15.3 Å². The number of aryl methyl sites for hydroxylation is 1. The molecule has 0 aliphatic carbocycles. The molecule has 0 aliphatic rings. The average molecular weight is 227 g/mol. The van der Waals surface area contributed by atoms with Gasteiger partial charge in [-0.2, -0.15) is 5.10 Å². The molecule has 9 nitrogen and oxygen atoms in total. The number of nitrogens with zero attached hydrogens (tertiary/aromatic N) is 3. The van der Waals surface area contributed by atoms with Crippen LogP contribution in [0.15, 0.2) is 17.4 Å². The first-order valence-electron chi connectivity index (χ1n) is 4.04. The third kappa shape index (κ3) is 3.65. The minimum absolute atomic E-state index is 0.409. The zero-order chi connectivity index (χ0) is 12.1. The standard InChI is InChI=1S/C7H9N5O4/c1-12-3-4(2-8-12)9-5(10-6(13)14)11-7(15)16/h2-3H,1H3,(H,13,14)(H,15,16)(H2,9,10,11). The molecular weight excluding hydrogens is 218 g/mol. The quantitative estimate of drug-likeness (QED) is 0.398. The van der Waals surface area contributed by atoms with Crippen molar-refractivity contribution in [2.24, 2.45) is 12.0 Å². The van der Waals surface area contributed by atoms with Crippen molar-refractivity contribution in [2.45, 2.75) is 0 Å². The minimum atomic E-state index is -1.51. The van der Waals surface area contributed by atoms with Gasteiger partial charge in [0.05, 0.1) is 11.9 Å². The molecule has 1 aromatic rings. The number of rotatable bonds is 1. The molecule has 16 heavy (non-hydrogen) atoms. The number of guanidine groups is 1. The Bertz CT molecular complexity index is 438. The Morgan fingerprint density at radius 2 is 2.19 bits per heavy atom. The highest BCUT2D eigenvalue weighted by atomic mass is 16.4. The zero-order valence-electron chi connectivity index (χ0n) is 8.21. The van der Waals surface area contributed by atoms with E-state index in [1.54, 1.807) is 12.4 Å². The van der Waals surface area contributed by atoms with Gasteiger partial charge in [-0.3, -0.25) is 10.00 Å². The van der Waals surface area contributed by atoms with Crippen molar-refractivity contribution >= 4 is 23.8 Å². The highest BCUT2D eigenvalue weighted by Crippen LogP contribution is 2.02. The number of nitrogens with one attached hydrogen (secondary N) is 2. The lowest BCUT2D eigenvalue weighted by atomic mass is 10.5. The third-order valence-corrected chi connectivity index (χ3v) is 1.40. The molecule has 1 rings (SSSR count). The fourth-order valence-corrected chi connectivity index (χ4v) is 0.907. The van der Waals surface area contributed by atoms with E-state index in [1.807, 2.05) is 0 Å². The first-order valence-corrected chi connectivity index (χ1v) is 4.04. The topological polar surface area (TPSA) is 129 Å². The smallest absolute Gasteiger partial charge is 0.434 e. The van der Waals surface area contributed by atoms with Crippen molar-refractivity contribution in [2.75, 3.05) is 5.32 Å². The van der Waals surface area contributed by atoms with Crippen molar-refractivity contribution in [1.82, 2.24) is 15.1 Å². The van der Waals surface area contributed by atoms with Crippen molar-refractivity contribution in [3.8, 4) is 0 Å². The summed E-state index contributed by atoms with van der Waals surface area (Å²) in [6.07, 6.45) is -0.0153. The van der Waals surface area contributed by atoms with Gasteiger partial charge in [-0.15, -0.1) is 4.99 Å². The van der Waals surface area contributed by atoms with Crippen LogP contribution in [0.25, 0.3) is 0 Å². The van der Waals surface area contributed by atoms with Gasteiger partial charge in [-0.1, -0.05) is 0 Å². The van der Waals surface area contributed by atoms with E-state index in [4.69, 9.17) is 10.2 Å². The Morgan fingerprint density at radius 3 is 2.62 bits per heavy atom. The largest absolute Gasteiger partial charge is 0.465 e. The Labute approximate surface area is 89.4 Å². The summed E-state index contributed by atoms with van der Waals surface area (Å²) in [6.45, 7) is 0. The first-order chi connectivity index (χ1) is 7.47.